The van der Waals surface area contributed by atoms with Crippen LogP contribution in [-0.4, -0.2) is 50.4 Å². The fourth-order valence-corrected chi connectivity index (χ4v) is 3.79. The van der Waals surface area contributed by atoms with Crippen LogP contribution in [0.1, 0.15) is 35.6 Å². The summed E-state index contributed by atoms with van der Waals surface area (Å²) in [7, 11) is 2.03. The van der Waals surface area contributed by atoms with Crippen molar-refractivity contribution in [1.82, 2.24) is 19.4 Å². The van der Waals surface area contributed by atoms with Crippen molar-refractivity contribution >= 4 is 5.91 Å². The predicted octanol–water partition coefficient (Wildman–Crippen LogP) is 1.89. The number of rotatable bonds is 3. The van der Waals surface area contributed by atoms with Crippen LogP contribution in [0.2, 0.25) is 0 Å². The third-order valence-corrected chi connectivity index (χ3v) is 5.42. The van der Waals surface area contributed by atoms with Crippen molar-refractivity contribution in [3.05, 3.63) is 42.4 Å². The number of aromatic nitrogens is 2. The minimum atomic E-state index is 0.0406. The highest BCUT2D eigenvalue weighted by Crippen LogP contribution is 2.41. The van der Waals surface area contributed by atoms with Crippen LogP contribution in [-0.2, 0) is 13.6 Å². The van der Waals surface area contributed by atoms with Crippen molar-refractivity contribution in [2.75, 3.05) is 19.6 Å². The maximum absolute atomic E-state index is 12.5. The van der Waals surface area contributed by atoms with E-state index in [0.717, 1.165) is 51.3 Å². The van der Waals surface area contributed by atoms with Crippen LogP contribution in [0.5, 0.6) is 0 Å². The van der Waals surface area contributed by atoms with Crippen LogP contribution < -0.4 is 0 Å². The monoisotopic (exact) mass is 314 g/mol. The summed E-state index contributed by atoms with van der Waals surface area (Å²) in [5.41, 5.74) is 0.0437. The molecule has 6 nitrogen and oxygen atoms in total. The Morgan fingerprint density at radius 1 is 1.30 bits per heavy atom. The highest BCUT2D eigenvalue weighted by molar-refractivity contribution is 5.92. The van der Waals surface area contributed by atoms with Gasteiger partial charge in [0.15, 0.2) is 5.76 Å². The molecular formula is C17H22N4O2. The zero-order chi connectivity index (χ0) is 15.9. The van der Waals surface area contributed by atoms with Crippen molar-refractivity contribution in [2.24, 2.45) is 7.05 Å². The van der Waals surface area contributed by atoms with E-state index < -0.39 is 0 Å². The Balaban J connectivity index is 1.39. The van der Waals surface area contributed by atoms with Gasteiger partial charge in [-0.15, -0.1) is 0 Å². The predicted molar refractivity (Wildman–Crippen MR) is 84.8 cm³/mol. The topological polar surface area (TPSA) is 54.5 Å². The summed E-state index contributed by atoms with van der Waals surface area (Å²) in [5, 5.41) is 0. The lowest BCUT2D eigenvalue weighted by Gasteiger charge is -2.56. The number of nitrogens with zero attached hydrogens (tertiary/aromatic N) is 4. The van der Waals surface area contributed by atoms with Crippen LogP contribution in [0.4, 0.5) is 0 Å². The molecular weight excluding hydrogens is 292 g/mol. The summed E-state index contributed by atoms with van der Waals surface area (Å²) in [6.45, 7) is 3.74. The van der Waals surface area contributed by atoms with Crippen molar-refractivity contribution < 1.29 is 9.21 Å². The van der Waals surface area contributed by atoms with Gasteiger partial charge in [0.05, 0.1) is 12.8 Å². The van der Waals surface area contributed by atoms with Gasteiger partial charge in [-0.25, -0.2) is 4.98 Å². The smallest absolute Gasteiger partial charge is 0.290 e. The molecule has 0 aromatic carbocycles. The lowest BCUT2D eigenvalue weighted by atomic mass is 9.76. The molecule has 0 saturated carbocycles. The van der Waals surface area contributed by atoms with Gasteiger partial charge < -0.3 is 13.9 Å². The molecule has 1 amide bonds. The summed E-state index contributed by atoms with van der Waals surface area (Å²) in [5.74, 6) is 1.59. The van der Waals surface area contributed by atoms with Gasteiger partial charge in [-0.05, 0) is 31.4 Å². The molecule has 1 spiro atoms. The first-order chi connectivity index (χ1) is 11.2. The molecule has 2 saturated heterocycles. The van der Waals surface area contributed by atoms with Crippen molar-refractivity contribution in [1.29, 1.82) is 0 Å². The lowest BCUT2D eigenvalue weighted by Crippen LogP contribution is -2.65. The van der Waals surface area contributed by atoms with E-state index in [1.165, 1.54) is 0 Å². The van der Waals surface area contributed by atoms with Crippen LogP contribution in [0.25, 0.3) is 0 Å². The van der Waals surface area contributed by atoms with E-state index >= 15 is 0 Å². The SMILES string of the molecule is Cn1ccnc1CN1CCC2(CC1)CCN2C(=O)c1ccco1. The first-order valence-corrected chi connectivity index (χ1v) is 8.22. The number of amides is 1. The summed E-state index contributed by atoms with van der Waals surface area (Å²) < 4.78 is 7.35. The number of aryl methyl sites for hydroxylation is 1. The Kier molecular flexibility index (Phi) is 3.49. The summed E-state index contributed by atoms with van der Waals surface area (Å²) >= 11 is 0. The zero-order valence-corrected chi connectivity index (χ0v) is 13.4. The molecule has 0 radical (unpaired) electrons. The number of carbonyl (C=O) groups is 1. The molecule has 2 aromatic rings. The zero-order valence-electron chi connectivity index (χ0n) is 13.4. The van der Waals surface area contributed by atoms with E-state index in [9.17, 15) is 4.79 Å². The Morgan fingerprint density at radius 2 is 2.09 bits per heavy atom. The van der Waals surface area contributed by atoms with E-state index in [2.05, 4.69) is 14.5 Å². The molecule has 0 N–H and O–H groups in total. The van der Waals surface area contributed by atoms with E-state index in [1.807, 2.05) is 24.3 Å². The number of piperidine rings is 1. The molecule has 2 fully saturated rings. The van der Waals surface area contributed by atoms with Gasteiger partial charge in [-0.3, -0.25) is 9.69 Å². The molecule has 2 aliphatic rings. The van der Waals surface area contributed by atoms with Crippen LogP contribution in [0.3, 0.4) is 0 Å². The lowest BCUT2D eigenvalue weighted by molar-refractivity contribution is -0.0418. The molecule has 0 atom stereocenters. The largest absolute Gasteiger partial charge is 0.459 e. The normalized spacial score (nSPS) is 20.7. The number of imidazole rings is 1. The third-order valence-electron chi connectivity index (χ3n) is 5.42. The average molecular weight is 314 g/mol. The molecule has 0 unspecified atom stereocenters. The third kappa shape index (κ3) is 2.47. The van der Waals surface area contributed by atoms with Gasteiger partial charge in [0, 0.05) is 44.6 Å². The molecule has 0 aliphatic carbocycles. The second-order valence-corrected chi connectivity index (χ2v) is 6.64. The van der Waals surface area contributed by atoms with E-state index in [-0.39, 0.29) is 11.4 Å². The Morgan fingerprint density at radius 3 is 2.65 bits per heavy atom. The standard InChI is InChI=1S/C17H22N4O2/c1-19-11-7-18-15(19)13-20-8-4-17(5-9-20)6-10-21(17)16(22)14-3-2-12-23-14/h2-3,7,11-12H,4-6,8-10,13H2,1H3. The van der Waals surface area contributed by atoms with Crippen LogP contribution in [0.15, 0.2) is 35.2 Å². The second-order valence-electron chi connectivity index (χ2n) is 6.64. The molecule has 23 heavy (non-hydrogen) atoms. The maximum Gasteiger partial charge on any atom is 0.290 e. The maximum atomic E-state index is 12.5. The van der Waals surface area contributed by atoms with Crippen molar-refractivity contribution in [3.63, 3.8) is 0 Å². The molecule has 122 valence electrons. The number of furan rings is 1. The van der Waals surface area contributed by atoms with Gasteiger partial charge in [0.25, 0.3) is 5.91 Å². The Labute approximate surface area is 135 Å². The van der Waals surface area contributed by atoms with E-state index in [0.29, 0.717) is 5.76 Å². The first-order valence-electron chi connectivity index (χ1n) is 8.22. The summed E-state index contributed by atoms with van der Waals surface area (Å²) in [6, 6.07) is 3.53. The highest BCUT2D eigenvalue weighted by atomic mass is 16.3. The van der Waals surface area contributed by atoms with Gasteiger partial charge in [-0.1, -0.05) is 0 Å². The highest BCUT2D eigenvalue weighted by Gasteiger charge is 2.49. The minimum Gasteiger partial charge on any atom is -0.459 e. The molecule has 4 rings (SSSR count). The van der Waals surface area contributed by atoms with Gasteiger partial charge in [0.1, 0.15) is 5.82 Å². The number of carbonyl (C=O) groups excluding carboxylic acids is 1. The molecule has 4 heterocycles. The molecule has 2 aromatic heterocycles. The molecule has 2 aliphatic heterocycles. The van der Waals surface area contributed by atoms with Gasteiger partial charge >= 0.3 is 0 Å². The van der Waals surface area contributed by atoms with Gasteiger partial charge in [0.2, 0.25) is 0 Å². The van der Waals surface area contributed by atoms with Crippen LogP contribution in [0, 0.1) is 0 Å². The van der Waals surface area contributed by atoms with Crippen molar-refractivity contribution in [2.45, 2.75) is 31.3 Å². The second kappa shape index (κ2) is 5.53. The number of hydrogen-bond acceptors (Lipinski definition) is 4. The Hall–Kier alpha value is -2.08. The quantitative estimate of drug-likeness (QED) is 0.868. The average Bonchev–Trinajstić information content (AvgIpc) is 3.20. The van der Waals surface area contributed by atoms with E-state index in [1.54, 1.807) is 18.4 Å². The van der Waals surface area contributed by atoms with Crippen LogP contribution >= 0.6 is 0 Å². The fraction of sp³-hybridized carbons (Fsp3) is 0.529. The molecule has 6 heteroatoms. The summed E-state index contributed by atoms with van der Waals surface area (Å²) in [4.78, 5) is 21.4. The first kappa shape index (κ1) is 14.5. The summed E-state index contributed by atoms with van der Waals surface area (Å²) in [6.07, 6.45) is 8.56. The van der Waals surface area contributed by atoms with E-state index in [4.69, 9.17) is 4.42 Å². The van der Waals surface area contributed by atoms with Crippen molar-refractivity contribution in [3.8, 4) is 0 Å². The number of hydrogen-bond donors (Lipinski definition) is 0. The molecule has 0 bridgehead atoms. The minimum absolute atomic E-state index is 0.0406. The fourth-order valence-electron chi connectivity index (χ4n) is 3.79. The van der Waals surface area contributed by atoms with Gasteiger partial charge in [-0.2, -0.15) is 0 Å². The number of likely N-dealkylation sites (tertiary alicyclic amines) is 2. The Bertz CT molecular complexity index is 683.